The van der Waals surface area contributed by atoms with Crippen molar-refractivity contribution in [1.82, 2.24) is 4.90 Å². The number of nitrogens with two attached hydrogens (primary N) is 1. The van der Waals surface area contributed by atoms with Gasteiger partial charge in [0.15, 0.2) is 0 Å². The molecule has 0 spiro atoms. The lowest BCUT2D eigenvalue weighted by molar-refractivity contribution is -0.137. The van der Waals surface area contributed by atoms with E-state index < -0.39 is 29.0 Å². The number of alkyl halides is 3. The second kappa shape index (κ2) is 7.40. The molecule has 0 saturated carbocycles. The highest BCUT2D eigenvalue weighted by Gasteiger charge is 2.32. The van der Waals surface area contributed by atoms with E-state index in [1.54, 1.807) is 0 Å². The number of hydrogen-bond acceptors (Lipinski definition) is 2. The molecule has 0 fully saturated rings. The molecule has 0 saturated heterocycles. The number of halogens is 4. The second-order valence-corrected chi connectivity index (χ2v) is 4.77. The van der Waals surface area contributed by atoms with Crippen molar-refractivity contribution in [3.63, 3.8) is 0 Å². The molecule has 1 aromatic carbocycles. The molecule has 21 heavy (non-hydrogen) atoms. The molecule has 1 rings (SSSR count). The van der Waals surface area contributed by atoms with Crippen molar-refractivity contribution in [2.45, 2.75) is 25.4 Å². The molecule has 0 unspecified atom stereocenters. The van der Waals surface area contributed by atoms with Gasteiger partial charge in [0.2, 0.25) is 0 Å². The lowest BCUT2D eigenvalue weighted by Gasteiger charge is -2.18. The lowest BCUT2D eigenvalue weighted by atomic mass is 10.1. The van der Waals surface area contributed by atoms with E-state index in [0.29, 0.717) is 37.7 Å². The molecule has 0 aliphatic rings. The van der Waals surface area contributed by atoms with Crippen molar-refractivity contribution in [2.75, 3.05) is 20.1 Å². The molecular formula is C14H18F4N2O. The summed E-state index contributed by atoms with van der Waals surface area (Å²) in [5, 5.41) is 0. The van der Waals surface area contributed by atoms with E-state index in [2.05, 4.69) is 0 Å². The number of hydrogen-bond donors (Lipinski definition) is 1. The predicted molar refractivity (Wildman–Crippen MR) is 71.3 cm³/mol. The Hall–Kier alpha value is -1.63. The first-order valence-electron chi connectivity index (χ1n) is 6.59. The molecular weight excluding hydrogens is 288 g/mol. The normalized spacial score (nSPS) is 11.5. The van der Waals surface area contributed by atoms with Crippen LogP contribution in [0.3, 0.4) is 0 Å². The van der Waals surface area contributed by atoms with Crippen molar-refractivity contribution >= 4 is 5.91 Å². The summed E-state index contributed by atoms with van der Waals surface area (Å²) >= 11 is 0. The molecule has 0 heterocycles. The maximum absolute atomic E-state index is 13.6. The van der Waals surface area contributed by atoms with Crippen molar-refractivity contribution < 1.29 is 22.4 Å². The summed E-state index contributed by atoms with van der Waals surface area (Å²) in [6, 6.07) is 1.83. The molecule has 0 atom stereocenters. The number of rotatable bonds is 6. The van der Waals surface area contributed by atoms with Crippen molar-refractivity contribution in [1.29, 1.82) is 0 Å². The highest BCUT2D eigenvalue weighted by Crippen LogP contribution is 2.30. The predicted octanol–water partition coefficient (Wildman–Crippen LogP) is 3.05. The molecule has 0 radical (unpaired) electrons. The molecule has 1 amide bonds. The summed E-state index contributed by atoms with van der Waals surface area (Å²) in [6.45, 7) is 0.883. The summed E-state index contributed by atoms with van der Waals surface area (Å²) in [4.78, 5) is 13.2. The molecule has 2 N–H and O–H groups in total. The summed E-state index contributed by atoms with van der Waals surface area (Å²) in [5.74, 6) is -1.71. The van der Waals surface area contributed by atoms with Gasteiger partial charge in [-0.1, -0.05) is 6.42 Å². The number of carbonyl (C=O) groups is 1. The standard InChI is InChI=1S/C14H18F4N2O/c1-20(8-4-2-3-7-19)13(21)11-9-10(14(16,17)18)5-6-12(11)15/h5-6,9H,2-4,7-8,19H2,1H3. The smallest absolute Gasteiger partial charge is 0.342 e. The monoisotopic (exact) mass is 306 g/mol. The Morgan fingerprint density at radius 3 is 2.48 bits per heavy atom. The molecule has 118 valence electrons. The summed E-state index contributed by atoms with van der Waals surface area (Å²) < 4.78 is 51.4. The Balaban J connectivity index is 2.81. The van der Waals surface area contributed by atoms with E-state index >= 15 is 0 Å². The van der Waals surface area contributed by atoms with Crippen LogP contribution in [0.5, 0.6) is 0 Å². The van der Waals surface area contributed by atoms with Gasteiger partial charge in [-0.3, -0.25) is 4.79 Å². The van der Waals surface area contributed by atoms with Crippen LogP contribution in [0.4, 0.5) is 17.6 Å². The zero-order valence-corrected chi connectivity index (χ0v) is 11.7. The van der Waals surface area contributed by atoms with Crippen LogP contribution in [-0.4, -0.2) is 30.9 Å². The summed E-state index contributed by atoms with van der Waals surface area (Å²) in [5.41, 5.74) is 3.73. The first kappa shape index (κ1) is 17.4. The quantitative estimate of drug-likeness (QED) is 0.648. The maximum atomic E-state index is 13.6. The van der Waals surface area contributed by atoms with Crippen LogP contribution in [-0.2, 0) is 6.18 Å². The molecule has 0 aliphatic heterocycles. The maximum Gasteiger partial charge on any atom is 0.416 e. The van der Waals surface area contributed by atoms with Crippen LogP contribution >= 0.6 is 0 Å². The molecule has 0 aliphatic carbocycles. The van der Waals surface area contributed by atoms with E-state index in [1.165, 1.54) is 11.9 Å². The largest absolute Gasteiger partial charge is 0.416 e. The Kier molecular flexibility index (Phi) is 6.14. The minimum Gasteiger partial charge on any atom is -0.342 e. The number of amides is 1. The number of carbonyl (C=O) groups excluding carboxylic acids is 1. The second-order valence-electron chi connectivity index (χ2n) is 4.77. The minimum atomic E-state index is -4.61. The topological polar surface area (TPSA) is 46.3 Å². The Bertz CT molecular complexity index is 488. The fourth-order valence-electron chi connectivity index (χ4n) is 1.84. The van der Waals surface area contributed by atoms with Crippen molar-refractivity contribution in [3.05, 3.63) is 35.1 Å². The van der Waals surface area contributed by atoms with E-state index in [9.17, 15) is 22.4 Å². The first-order chi connectivity index (χ1) is 9.77. The zero-order chi connectivity index (χ0) is 16.0. The Labute approximate surface area is 120 Å². The van der Waals surface area contributed by atoms with E-state index in [4.69, 9.17) is 5.73 Å². The highest BCUT2D eigenvalue weighted by atomic mass is 19.4. The van der Waals surface area contributed by atoms with Crippen molar-refractivity contribution in [2.24, 2.45) is 5.73 Å². The van der Waals surface area contributed by atoms with Crippen molar-refractivity contribution in [3.8, 4) is 0 Å². The average Bonchev–Trinajstić information content (AvgIpc) is 2.42. The van der Waals surface area contributed by atoms with Crippen LogP contribution in [0, 0.1) is 5.82 Å². The zero-order valence-electron chi connectivity index (χ0n) is 11.7. The van der Waals surface area contributed by atoms with Gasteiger partial charge in [-0.2, -0.15) is 13.2 Å². The third-order valence-electron chi connectivity index (χ3n) is 3.07. The summed E-state index contributed by atoms with van der Waals surface area (Å²) in [7, 11) is 1.44. The van der Waals surface area contributed by atoms with Gasteiger partial charge in [-0.15, -0.1) is 0 Å². The average molecular weight is 306 g/mol. The van der Waals surface area contributed by atoms with Crippen LogP contribution in [0.1, 0.15) is 35.2 Å². The van der Waals surface area contributed by atoms with Crippen LogP contribution in [0.25, 0.3) is 0 Å². The molecule has 0 bridgehead atoms. The molecule has 1 aromatic rings. The number of benzene rings is 1. The van der Waals surface area contributed by atoms with Gasteiger partial charge in [0, 0.05) is 13.6 Å². The van der Waals surface area contributed by atoms with Gasteiger partial charge in [0.25, 0.3) is 5.91 Å². The minimum absolute atomic E-state index is 0.342. The Morgan fingerprint density at radius 2 is 1.90 bits per heavy atom. The van der Waals surface area contributed by atoms with Crippen LogP contribution < -0.4 is 5.73 Å². The van der Waals surface area contributed by atoms with E-state index in [1.807, 2.05) is 0 Å². The third-order valence-corrected chi connectivity index (χ3v) is 3.07. The van der Waals surface area contributed by atoms with Gasteiger partial charge >= 0.3 is 6.18 Å². The number of nitrogens with zero attached hydrogens (tertiary/aromatic N) is 1. The van der Waals surface area contributed by atoms with Crippen LogP contribution in [0.2, 0.25) is 0 Å². The highest BCUT2D eigenvalue weighted by molar-refractivity contribution is 5.94. The first-order valence-corrected chi connectivity index (χ1v) is 6.59. The SMILES string of the molecule is CN(CCCCCN)C(=O)c1cc(C(F)(F)F)ccc1F. The van der Waals surface area contributed by atoms with Crippen LogP contribution in [0.15, 0.2) is 18.2 Å². The fourth-order valence-corrected chi connectivity index (χ4v) is 1.84. The molecule has 0 aromatic heterocycles. The van der Waals surface area contributed by atoms with Gasteiger partial charge in [-0.05, 0) is 37.6 Å². The van der Waals surface area contributed by atoms with Gasteiger partial charge in [-0.25, -0.2) is 4.39 Å². The van der Waals surface area contributed by atoms with Gasteiger partial charge in [0.1, 0.15) is 5.82 Å². The Morgan fingerprint density at radius 1 is 1.24 bits per heavy atom. The third kappa shape index (κ3) is 5.00. The molecule has 7 heteroatoms. The van der Waals surface area contributed by atoms with Gasteiger partial charge < -0.3 is 10.6 Å². The van der Waals surface area contributed by atoms with E-state index in [-0.39, 0.29) is 0 Å². The number of unbranched alkanes of at least 4 members (excludes halogenated alkanes) is 2. The lowest BCUT2D eigenvalue weighted by Crippen LogP contribution is -2.29. The summed E-state index contributed by atoms with van der Waals surface area (Å²) in [6.07, 6.45) is -2.33. The van der Waals surface area contributed by atoms with E-state index in [0.717, 1.165) is 12.8 Å². The fraction of sp³-hybridized carbons (Fsp3) is 0.500. The molecule has 3 nitrogen and oxygen atoms in total. The van der Waals surface area contributed by atoms with Gasteiger partial charge in [0.05, 0.1) is 11.1 Å².